The fraction of sp³-hybridized carbons (Fsp3) is 0.682. The Morgan fingerprint density at radius 2 is 1.96 bits per heavy atom. The Balaban J connectivity index is 1.32. The summed E-state index contributed by atoms with van der Waals surface area (Å²) in [6.45, 7) is 1.48. The third-order valence-corrected chi connectivity index (χ3v) is 7.10. The van der Waals surface area contributed by atoms with Gasteiger partial charge in [0.1, 0.15) is 0 Å². The molecule has 2 fully saturated rings. The van der Waals surface area contributed by atoms with E-state index in [1.54, 1.807) is 0 Å². The summed E-state index contributed by atoms with van der Waals surface area (Å²) in [5.41, 5.74) is 1.23. The van der Waals surface area contributed by atoms with E-state index in [0.717, 1.165) is 37.4 Å². The highest BCUT2D eigenvalue weighted by Gasteiger charge is 2.48. The van der Waals surface area contributed by atoms with E-state index in [2.05, 4.69) is 12.1 Å². The first-order valence-electron chi connectivity index (χ1n) is 10.5. The minimum absolute atomic E-state index is 0.206. The molecule has 2 aliphatic rings. The maximum atomic E-state index is 11.4. The van der Waals surface area contributed by atoms with Crippen LogP contribution in [-0.4, -0.2) is 53.5 Å². The van der Waals surface area contributed by atoms with Crippen LogP contribution in [0.3, 0.4) is 0 Å². The van der Waals surface area contributed by atoms with Crippen molar-refractivity contribution in [2.24, 2.45) is 11.8 Å². The lowest BCUT2D eigenvalue weighted by Gasteiger charge is -2.27. The van der Waals surface area contributed by atoms with E-state index in [4.69, 9.17) is 14.7 Å². The number of ether oxygens (including phenoxy) is 2. The highest BCUT2D eigenvalue weighted by molar-refractivity contribution is 7.99. The predicted octanol–water partition coefficient (Wildman–Crippen LogP) is 4.14. The molecule has 5 nitrogen and oxygen atoms in total. The number of unbranched alkanes of at least 4 members (excludes halogenated alkanes) is 1. The van der Waals surface area contributed by atoms with E-state index in [-0.39, 0.29) is 5.91 Å². The number of hydroxylamine groups is 2. The lowest BCUT2D eigenvalue weighted by Crippen LogP contribution is -2.30. The highest BCUT2D eigenvalue weighted by atomic mass is 32.2. The molecule has 1 aromatic carbocycles. The van der Waals surface area contributed by atoms with Crippen molar-refractivity contribution in [1.29, 1.82) is 0 Å². The average molecular weight is 408 g/mol. The molecule has 2 bridgehead atoms. The van der Waals surface area contributed by atoms with E-state index in [1.807, 2.05) is 30.0 Å². The summed E-state index contributed by atoms with van der Waals surface area (Å²) >= 11 is 1.98. The van der Waals surface area contributed by atoms with Crippen LogP contribution in [0.2, 0.25) is 0 Å². The number of benzene rings is 1. The molecule has 28 heavy (non-hydrogen) atoms. The first-order chi connectivity index (χ1) is 13.6. The van der Waals surface area contributed by atoms with Gasteiger partial charge in [0, 0.05) is 20.1 Å². The molecule has 1 amide bonds. The van der Waals surface area contributed by atoms with Gasteiger partial charge in [0.2, 0.25) is 5.91 Å². The normalized spacial score (nSPS) is 25.9. The quantitative estimate of drug-likeness (QED) is 0.321. The molecule has 156 valence electrons. The fourth-order valence-electron chi connectivity index (χ4n) is 4.35. The Morgan fingerprint density at radius 3 is 2.71 bits per heavy atom. The summed E-state index contributed by atoms with van der Waals surface area (Å²) < 4.78 is 12.1. The van der Waals surface area contributed by atoms with E-state index in [0.29, 0.717) is 42.1 Å². The minimum Gasteiger partial charge on any atom is -0.377 e. The van der Waals surface area contributed by atoms with Crippen LogP contribution >= 0.6 is 11.8 Å². The molecule has 0 unspecified atom stereocenters. The first-order valence-corrected chi connectivity index (χ1v) is 11.6. The Kier molecular flexibility index (Phi) is 8.65. The topological polar surface area (TPSA) is 59.0 Å². The maximum Gasteiger partial charge on any atom is 0.245 e. The molecule has 6 heteroatoms. The Morgan fingerprint density at radius 1 is 1.21 bits per heavy atom. The number of carbonyl (C=O) groups excluding carboxylic acids is 1. The third-order valence-electron chi connectivity index (χ3n) is 5.90. The lowest BCUT2D eigenvalue weighted by atomic mass is 9.79. The number of fused-ring (bicyclic) bond motifs is 2. The number of hydrogen-bond donors (Lipinski definition) is 1. The molecular weight excluding hydrogens is 374 g/mol. The van der Waals surface area contributed by atoms with Crippen LogP contribution in [0, 0.1) is 11.8 Å². The monoisotopic (exact) mass is 407 g/mol. The second-order valence-electron chi connectivity index (χ2n) is 7.89. The van der Waals surface area contributed by atoms with Crippen molar-refractivity contribution < 1.29 is 19.5 Å². The smallest absolute Gasteiger partial charge is 0.245 e. The van der Waals surface area contributed by atoms with Gasteiger partial charge in [0.05, 0.1) is 18.8 Å². The van der Waals surface area contributed by atoms with Crippen molar-refractivity contribution in [3.63, 3.8) is 0 Å². The van der Waals surface area contributed by atoms with Crippen molar-refractivity contribution >= 4 is 17.7 Å². The van der Waals surface area contributed by atoms with Gasteiger partial charge in [0.15, 0.2) is 0 Å². The Labute approximate surface area is 172 Å². The summed E-state index contributed by atoms with van der Waals surface area (Å²) in [7, 11) is 1.38. The fourth-order valence-corrected chi connectivity index (χ4v) is 5.66. The molecule has 1 N–H and O–H groups in total. The molecule has 2 aliphatic heterocycles. The molecule has 0 aromatic heterocycles. The van der Waals surface area contributed by atoms with Crippen molar-refractivity contribution in [2.75, 3.05) is 25.2 Å². The summed E-state index contributed by atoms with van der Waals surface area (Å²) in [5, 5.41) is 9.75. The van der Waals surface area contributed by atoms with Crippen molar-refractivity contribution in [2.45, 2.75) is 57.3 Å². The second kappa shape index (κ2) is 11.2. The number of amides is 1. The zero-order valence-electron chi connectivity index (χ0n) is 16.8. The number of rotatable bonds is 12. The van der Waals surface area contributed by atoms with Crippen molar-refractivity contribution in [1.82, 2.24) is 5.06 Å². The van der Waals surface area contributed by atoms with Crippen LogP contribution in [0.25, 0.3) is 0 Å². The van der Waals surface area contributed by atoms with E-state index in [9.17, 15) is 4.79 Å². The SMILES string of the molecule is CN(O)C(=O)CCCCSC[C@H]1[C@@H](CCOCc2ccccc2)[C@H]2CC[C@@H]1O2. The molecule has 4 atom stereocenters. The third kappa shape index (κ3) is 6.21. The Hall–Kier alpha value is -1.08. The largest absolute Gasteiger partial charge is 0.377 e. The average Bonchev–Trinajstić information content (AvgIpc) is 3.30. The van der Waals surface area contributed by atoms with Crippen LogP contribution in [-0.2, 0) is 20.9 Å². The van der Waals surface area contributed by atoms with Crippen LogP contribution in [0.15, 0.2) is 30.3 Å². The molecular formula is C22H33NO4S. The van der Waals surface area contributed by atoms with Gasteiger partial charge in [-0.3, -0.25) is 10.0 Å². The molecule has 0 saturated carbocycles. The van der Waals surface area contributed by atoms with Crippen LogP contribution in [0.4, 0.5) is 0 Å². The molecule has 2 saturated heterocycles. The number of thioether (sulfide) groups is 1. The van der Waals surface area contributed by atoms with Gasteiger partial charge in [-0.25, -0.2) is 5.06 Å². The van der Waals surface area contributed by atoms with Crippen molar-refractivity contribution in [3.05, 3.63) is 35.9 Å². The molecule has 3 rings (SSSR count). The lowest BCUT2D eigenvalue weighted by molar-refractivity contribution is -0.159. The zero-order chi connectivity index (χ0) is 19.8. The molecule has 2 heterocycles. The van der Waals surface area contributed by atoms with E-state index >= 15 is 0 Å². The number of hydrogen-bond acceptors (Lipinski definition) is 5. The van der Waals surface area contributed by atoms with Gasteiger partial charge >= 0.3 is 0 Å². The van der Waals surface area contributed by atoms with Gasteiger partial charge in [-0.15, -0.1) is 0 Å². The van der Waals surface area contributed by atoms with Crippen LogP contribution in [0.1, 0.15) is 44.1 Å². The second-order valence-corrected chi connectivity index (χ2v) is 9.04. The van der Waals surface area contributed by atoms with Gasteiger partial charge < -0.3 is 9.47 Å². The molecule has 0 spiro atoms. The summed E-state index contributed by atoms with van der Waals surface area (Å²) in [4.78, 5) is 11.4. The summed E-state index contributed by atoms with van der Waals surface area (Å²) in [6.07, 6.45) is 6.61. The highest BCUT2D eigenvalue weighted by Crippen LogP contribution is 2.46. The van der Waals surface area contributed by atoms with Gasteiger partial charge in [-0.05, 0) is 61.0 Å². The zero-order valence-corrected chi connectivity index (χ0v) is 17.6. The molecule has 1 aromatic rings. The Bertz CT molecular complexity index is 597. The van der Waals surface area contributed by atoms with Crippen LogP contribution < -0.4 is 0 Å². The maximum absolute atomic E-state index is 11.4. The van der Waals surface area contributed by atoms with Gasteiger partial charge in [-0.1, -0.05) is 30.3 Å². The van der Waals surface area contributed by atoms with E-state index in [1.165, 1.54) is 25.5 Å². The summed E-state index contributed by atoms with van der Waals surface area (Å²) in [6, 6.07) is 10.3. The first kappa shape index (κ1) is 21.6. The van der Waals surface area contributed by atoms with E-state index < -0.39 is 0 Å². The number of carbonyl (C=O) groups is 1. The molecule has 0 radical (unpaired) electrons. The van der Waals surface area contributed by atoms with Crippen LogP contribution in [0.5, 0.6) is 0 Å². The van der Waals surface area contributed by atoms with Gasteiger partial charge in [0.25, 0.3) is 0 Å². The summed E-state index contributed by atoms with van der Waals surface area (Å²) in [5.74, 6) is 3.24. The van der Waals surface area contributed by atoms with Crippen molar-refractivity contribution in [3.8, 4) is 0 Å². The predicted molar refractivity (Wildman–Crippen MR) is 111 cm³/mol. The molecule has 0 aliphatic carbocycles. The van der Waals surface area contributed by atoms with Gasteiger partial charge in [-0.2, -0.15) is 11.8 Å². The standard InChI is InChI=1S/C22H33NO4S/c1-23(25)22(24)9-5-6-14-28-16-19-18(20-10-11-21(19)27-20)12-13-26-15-17-7-3-2-4-8-17/h2-4,7-8,18-21,25H,5-6,9-16H2,1H3/t18-,19+,20-,21+/m1/s1. The minimum atomic E-state index is -0.206. The number of nitrogens with zero attached hydrogens (tertiary/aromatic N) is 1.